The van der Waals surface area contributed by atoms with Gasteiger partial charge < -0.3 is 18.9 Å². The number of esters is 1. The van der Waals surface area contributed by atoms with E-state index < -0.39 is 12.0 Å². The number of benzene rings is 2. The number of thiazole rings is 1. The van der Waals surface area contributed by atoms with Crippen LogP contribution in [-0.2, 0) is 9.53 Å². The Morgan fingerprint density at radius 2 is 1.75 bits per heavy atom. The Balaban J connectivity index is 1.84. The molecule has 2 heterocycles. The fraction of sp³-hybridized carbons (Fsp3) is 0.387. The molecule has 0 saturated carbocycles. The van der Waals surface area contributed by atoms with Crippen LogP contribution in [0.4, 0.5) is 0 Å². The van der Waals surface area contributed by atoms with Crippen LogP contribution in [0.25, 0.3) is 6.08 Å². The predicted octanol–water partition coefficient (Wildman–Crippen LogP) is 4.77. The number of rotatable bonds is 11. The van der Waals surface area contributed by atoms with Gasteiger partial charge in [0.05, 0.1) is 47.8 Å². The van der Waals surface area contributed by atoms with E-state index in [9.17, 15) is 9.59 Å². The Kier molecular flexibility index (Phi) is 9.47. The molecule has 0 radical (unpaired) electrons. The number of ether oxygens (including phenoxy) is 4. The van der Waals surface area contributed by atoms with Gasteiger partial charge in [0, 0.05) is 0 Å². The molecule has 0 N–H and O–H groups in total. The lowest BCUT2D eigenvalue weighted by molar-refractivity contribution is -0.139. The third-order valence-corrected chi connectivity index (χ3v) is 7.48. The Hall–Kier alpha value is -3.85. The van der Waals surface area contributed by atoms with E-state index in [-0.39, 0.29) is 18.3 Å². The molecule has 0 saturated heterocycles. The molecule has 1 aliphatic rings. The van der Waals surface area contributed by atoms with E-state index in [1.807, 2.05) is 69.3 Å². The highest BCUT2D eigenvalue weighted by Gasteiger charge is 2.33. The van der Waals surface area contributed by atoms with Crippen molar-refractivity contribution < 1.29 is 23.7 Å². The first-order valence-electron chi connectivity index (χ1n) is 13.7. The van der Waals surface area contributed by atoms with Crippen molar-refractivity contribution in [2.45, 2.75) is 60.1 Å². The quantitative estimate of drug-likeness (QED) is 0.312. The molecule has 8 nitrogen and oxygen atoms in total. The van der Waals surface area contributed by atoms with Crippen LogP contribution in [0.5, 0.6) is 17.2 Å². The second-order valence-electron chi connectivity index (χ2n) is 9.28. The maximum Gasteiger partial charge on any atom is 0.338 e. The van der Waals surface area contributed by atoms with Crippen LogP contribution in [0.15, 0.2) is 63.5 Å². The number of carbonyl (C=O) groups excluding carboxylic acids is 1. The summed E-state index contributed by atoms with van der Waals surface area (Å²) >= 11 is 1.28. The Morgan fingerprint density at radius 3 is 2.40 bits per heavy atom. The molecule has 0 spiro atoms. The van der Waals surface area contributed by atoms with Gasteiger partial charge in [0.1, 0.15) is 5.75 Å². The zero-order valence-corrected chi connectivity index (χ0v) is 24.7. The number of nitrogens with zero attached hydrogens (tertiary/aromatic N) is 2. The number of fused-ring (bicyclic) bond motifs is 1. The molecule has 2 aromatic carbocycles. The van der Waals surface area contributed by atoms with Gasteiger partial charge in [0.2, 0.25) is 0 Å². The first-order valence-corrected chi connectivity index (χ1v) is 14.5. The van der Waals surface area contributed by atoms with E-state index in [0.29, 0.717) is 51.1 Å². The van der Waals surface area contributed by atoms with Gasteiger partial charge in [0.15, 0.2) is 16.3 Å². The summed E-state index contributed by atoms with van der Waals surface area (Å²) in [5, 5.41) is 0. The maximum atomic E-state index is 13.9. The minimum Gasteiger partial charge on any atom is -0.494 e. The van der Waals surface area contributed by atoms with Crippen LogP contribution >= 0.6 is 11.3 Å². The minimum absolute atomic E-state index is 0.0492. The number of hydrogen-bond acceptors (Lipinski definition) is 8. The van der Waals surface area contributed by atoms with E-state index in [0.717, 1.165) is 17.5 Å². The van der Waals surface area contributed by atoms with E-state index >= 15 is 0 Å². The molecular formula is C31H36N2O6S. The number of allylic oxidation sites excluding steroid dienone is 1. The third kappa shape index (κ3) is 6.14. The van der Waals surface area contributed by atoms with E-state index in [2.05, 4.69) is 11.9 Å². The first kappa shape index (κ1) is 29.1. The van der Waals surface area contributed by atoms with Crippen LogP contribution in [0, 0.1) is 0 Å². The highest BCUT2D eigenvalue weighted by atomic mass is 32.1. The summed E-state index contributed by atoms with van der Waals surface area (Å²) in [5.74, 6) is 1.51. The van der Waals surface area contributed by atoms with Crippen molar-refractivity contribution in [2.75, 3.05) is 19.8 Å². The molecule has 2 atom stereocenters. The van der Waals surface area contributed by atoms with Crippen molar-refractivity contribution >= 4 is 23.4 Å². The predicted molar refractivity (Wildman–Crippen MR) is 156 cm³/mol. The van der Waals surface area contributed by atoms with Crippen molar-refractivity contribution in [1.29, 1.82) is 0 Å². The van der Waals surface area contributed by atoms with Crippen LogP contribution < -0.4 is 29.1 Å². The maximum absolute atomic E-state index is 13.9. The second-order valence-corrected chi connectivity index (χ2v) is 10.3. The molecule has 1 aliphatic heterocycles. The molecule has 0 bridgehead atoms. The molecule has 40 heavy (non-hydrogen) atoms. The molecule has 212 valence electrons. The lowest BCUT2D eigenvalue weighted by Gasteiger charge is -2.24. The van der Waals surface area contributed by atoms with Gasteiger partial charge in [-0.1, -0.05) is 36.5 Å². The normalized spacial score (nSPS) is 15.8. The molecular weight excluding hydrogens is 528 g/mol. The summed E-state index contributed by atoms with van der Waals surface area (Å²) in [6.45, 7) is 12.7. The minimum atomic E-state index is -0.682. The van der Waals surface area contributed by atoms with Crippen molar-refractivity contribution in [2.24, 2.45) is 4.99 Å². The molecule has 0 aliphatic carbocycles. The Morgan fingerprint density at radius 1 is 1.02 bits per heavy atom. The lowest BCUT2D eigenvalue weighted by atomic mass is 9.96. The molecule has 0 fully saturated rings. The zero-order chi connectivity index (χ0) is 28.8. The molecule has 9 heteroatoms. The molecule has 0 unspecified atom stereocenters. The number of hydrogen-bond donors (Lipinski definition) is 0. The Labute approximate surface area is 238 Å². The summed E-state index contributed by atoms with van der Waals surface area (Å²) in [5.41, 5.74) is 2.18. The van der Waals surface area contributed by atoms with Gasteiger partial charge in [-0.25, -0.2) is 9.79 Å². The fourth-order valence-electron chi connectivity index (χ4n) is 4.45. The highest BCUT2D eigenvalue weighted by molar-refractivity contribution is 7.07. The first-order chi connectivity index (χ1) is 19.3. The van der Waals surface area contributed by atoms with E-state index in [1.54, 1.807) is 18.4 Å². The average molecular weight is 565 g/mol. The number of aromatic nitrogens is 1. The number of carbonyl (C=O) groups is 1. The largest absolute Gasteiger partial charge is 0.494 e. The van der Waals surface area contributed by atoms with Gasteiger partial charge in [-0.15, -0.1) is 0 Å². The molecule has 4 rings (SSSR count). The summed E-state index contributed by atoms with van der Waals surface area (Å²) in [7, 11) is 0. The lowest BCUT2D eigenvalue weighted by Crippen LogP contribution is -2.39. The van der Waals surface area contributed by atoms with Crippen molar-refractivity contribution in [1.82, 2.24) is 4.57 Å². The van der Waals surface area contributed by atoms with Crippen LogP contribution in [0.1, 0.15) is 65.1 Å². The second kappa shape index (κ2) is 13.0. The molecule has 0 amide bonds. The summed E-state index contributed by atoms with van der Waals surface area (Å²) in [6.07, 6.45) is 2.74. The topological polar surface area (TPSA) is 88.4 Å². The van der Waals surface area contributed by atoms with Crippen molar-refractivity contribution in [3.8, 4) is 17.2 Å². The standard InChI is InChI=1S/C31H36N2O6S/c1-7-19(5)39-24-16-11-21(17-25(24)37-9-3)18-26-29(34)33-28(22-12-14-23(15-13-22)36-8-2)27(30(35)38-10-4)20(6)32-31(33)40-26/h11-19,28H,7-10H2,1-6H3/b26-18+/t19-,28-/m0/s1. The Bertz CT molecular complexity index is 1570. The van der Waals surface area contributed by atoms with Crippen LogP contribution in [0.3, 0.4) is 0 Å². The van der Waals surface area contributed by atoms with Crippen LogP contribution in [-0.4, -0.2) is 36.5 Å². The highest BCUT2D eigenvalue weighted by Crippen LogP contribution is 2.32. The van der Waals surface area contributed by atoms with Gasteiger partial charge >= 0.3 is 5.97 Å². The van der Waals surface area contributed by atoms with Gasteiger partial charge in [0.25, 0.3) is 5.56 Å². The van der Waals surface area contributed by atoms with Gasteiger partial charge in [-0.05, 0) is 82.5 Å². The average Bonchev–Trinajstić information content (AvgIpc) is 3.24. The summed E-state index contributed by atoms with van der Waals surface area (Å²) in [4.78, 5) is 32.2. The van der Waals surface area contributed by atoms with Gasteiger partial charge in [-0.3, -0.25) is 9.36 Å². The van der Waals surface area contributed by atoms with Crippen LogP contribution in [0.2, 0.25) is 0 Å². The summed E-state index contributed by atoms with van der Waals surface area (Å²) < 4.78 is 24.9. The summed E-state index contributed by atoms with van der Waals surface area (Å²) in [6, 6.07) is 12.4. The fourth-order valence-corrected chi connectivity index (χ4v) is 5.50. The smallest absolute Gasteiger partial charge is 0.338 e. The van der Waals surface area contributed by atoms with Crippen molar-refractivity contribution in [3.05, 3.63) is 84.5 Å². The third-order valence-electron chi connectivity index (χ3n) is 6.49. The monoisotopic (exact) mass is 564 g/mol. The SMILES string of the molecule is CCOC(=O)C1=C(C)N=c2s/c(=C/c3ccc(O[C@@H](C)CC)c(OCC)c3)c(=O)n2[C@H]1c1ccc(OCC)cc1. The van der Waals surface area contributed by atoms with E-state index in [1.165, 1.54) is 11.3 Å². The van der Waals surface area contributed by atoms with Crippen molar-refractivity contribution in [3.63, 3.8) is 0 Å². The zero-order valence-electron chi connectivity index (χ0n) is 23.9. The van der Waals surface area contributed by atoms with E-state index in [4.69, 9.17) is 18.9 Å². The molecule has 3 aromatic rings. The van der Waals surface area contributed by atoms with Gasteiger partial charge in [-0.2, -0.15) is 0 Å². The molecule has 1 aromatic heterocycles.